The molecule has 0 aromatic carbocycles. The van der Waals surface area contributed by atoms with Crippen molar-refractivity contribution in [1.29, 1.82) is 0 Å². The maximum Gasteiger partial charge on any atom is 0.339 e. The molecule has 0 unspecified atom stereocenters. The Morgan fingerprint density at radius 3 is 3.06 bits per heavy atom. The Morgan fingerprint density at radius 2 is 2.22 bits per heavy atom. The number of pyridine rings is 1. The number of carboxylic acids is 1. The van der Waals surface area contributed by atoms with Gasteiger partial charge in [-0.05, 0) is 12.1 Å². The lowest BCUT2D eigenvalue weighted by Crippen LogP contribution is -2.02. The second kappa shape index (κ2) is 3.92. The number of fused-ring (bicyclic) bond motifs is 1. The van der Waals surface area contributed by atoms with E-state index in [1.165, 1.54) is 12.5 Å². The van der Waals surface area contributed by atoms with E-state index in [1.807, 2.05) is 6.07 Å². The first kappa shape index (κ1) is 10.4. The normalized spacial score (nSPS) is 10.7. The molecule has 18 heavy (non-hydrogen) atoms. The molecule has 6 nitrogen and oxygen atoms in total. The molecule has 3 heterocycles. The molecule has 0 fully saturated rings. The van der Waals surface area contributed by atoms with Crippen molar-refractivity contribution in [2.24, 2.45) is 0 Å². The van der Waals surface area contributed by atoms with Crippen molar-refractivity contribution in [2.45, 2.75) is 0 Å². The second-order valence-electron chi connectivity index (χ2n) is 3.69. The summed E-state index contributed by atoms with van der Waals surface area (Å²) in [5.74, 6) is -1.05. The van der Waals surface area contributed by atoms with Crippen molar-refractivity contribution >= 4 is 17.0 Å². The van der Waals surface area contributed by atoms with Crippen molar-refractivity contribution in [1.82, 2.24) is 19.9 Å². The number of aromatic nitrogens is 4. The summed E-state index contributed by atoms with van der Waals surface area (Å²) in [6.07, 6.45) is 5.99. The maximum atomic E-state index is 11.1. The molecular weight excluding hydrogens is 232 g/mol. The van der Waals surface area contributed by atoms with Crippen molar-refractivity contribution in [3.05, 3.63) is 42.6 Å². The minimum Gasteiger partial charge on any atom is -0.478 e. The smallest absolute Gasteiger partial charge is 0.339 e. The fraction of sp³-hybridized carbons (Fsp3) is 0. The molecule has 0 amide bonds. The van der Waals surface area contributed by atoms with Gasteiger partial charge in [0.05, 0.1) is 5.69 Å². The molecule has 0 aliphatic carbocycles. The van der Waals surface area contributed by atoms with Crippen LogP contribution in [0.1, 0.15) is 10.4 Å². The van der Waals surface area contributed by atoms with E-state index in [0.717, 1.165) is 5.39 Å². The van der Waals surface area contributed by atoms with Gasteiger partial charge < -0.3 is 10.1 Å². The van der Waals surface area contributed by atoms with Crippen LogP contribution >= 0.6 is 0 Å². The van der Waals surface area contributed by atoms with Gasteiger partial charge in [0, 0.05) is 29.5 Å². The number of carbonyl (C=O) groups is 1. The molecule has 0 atom stereocenters. The highest BCUT2D eigenvalue weighted by Gasteiger charge is 2.16. The fourth-order valence-corrected chi connectivity index (χ4v) is 1.85. The molecule has 3 rings (SSSR count). The number of aromatic carboxylic acids is 1. The van der Waals surface area contributed by atoms with Crippen LogP contribution in [0.3, 0.4) is 0 Å². The van der Waals surface area contributed by atoms with Crippen LogP contribution in [0.5, 0.6) is 0 Å². The van der Waals surface area contributed by atoms with Crippen molar-refractivity contribution in [3.8, 4) is 11.3 Å². The van der Waals surface area contributed by atoms with E-state index in [-0.39, 0.29) is 5.56 Å². The summed E-state index contributed by atoms with van der Waals surface area (Å²) < 4.78 is 0. The zero-order chi connectivity index (χ0) is 12.5. The van der Waals surface area contributed by atoms with Crippen molar-refractivity contribution in [3.63, 3.8) is 0 Å². The van der Waals surface area contributed by atoms with Gasteiger partial charge in [-0.3, -0.25) is 0 Å². The topological polar surface area (TPSA) is 91.8 Å². The van der Waals surface area contributed by atoms with E-state index in [2.05, 4.69) is 19.9 Å². The van der Waals surface area contributed by atoms with Crippen LogP contribution in [-0.2, 0) is 0 Å². The van der Waals surface area contributed by atoms with Crippen molar-refractivity contribution in [2.75, 3.05) is 0 Å². The first-order chi connectivity index (χ1) is 8.77. The Hall–Kier alpha value is -2.76. The van der Waals surface area contributed by atoms with Gasteiger partial charge in [-0.2, -0.15) is 0 Å². The maximum absolute atomic E-state index is 11.1. The summed E-state index contributed by atoms with van der Waals surface area (Å²) in [4.78, 5) is 26.1. The van der Waals surface area contributed by atoms with Crippen LogP contribution < -0.4 is 0 Å². The third-order valence-electron chi connectivity index (χ3n) is 2.65. The van der Waals surface area contributed by atoms with Gasteiger partial charge in [0.1, 0.15) is 17.5 Å². The Balaban J connectivity index is 2.30. The van der Waals surface area contributed by atoms with Gasteiger partial charge in [-0.15, -0.1) is 0 Å². The standard InChI is InChI=1S/C12H8N4O2/c17-12(18)9-4-13-6-16-10(9)8-5-15-11-7(8)2-1-3-14-11/h1-6H,(H,14,15)(H,17,18). The summed E-state index contributed by atoms with van der Waals surface area (Å²) in [5.41, 5.74) is 1.86. The largest absolute Gasteiger partial charge is 0.478 e. The first-order valence-electron chi connectivity index (χ1n) is 5.23. The van der Waals surface area contributed by atoms with Crippen LogP contribution in [0.25, 0.3) is 22.3 Å². The Kier molecular flexibility index (Phi) is 2.26. The van der Waals surface area contributed by atoms with E-state index in [0.29, 0.717) is 16.9 Å². The molecule has 6 heteroatoms. The molecule has 0 bridgehead atoms. The molecular formula is C12H8N4O2. The molecule has 0 aliphatic rings. The monoisotopic (exact) mass is 240 g/mol. The number of aromatic amines is 1. The number of hydrogen-bond donors (Lipinski definition) is 2. The molecule has 88 valence electrons. The lowest BCUT2D eigenvalue weighted by molar-refractivity contribution is 0.0697. The molecule has 0 radical (unpaired) electrons. The van der Waals surface area contributed by atoms with E-state index >= 15 is 0 Å². The summed E-state index contributed by atoms with van der Waals surface area (Å²) >= 11 is 0. The van der Waals surface area contributed by atoms with Gasteiger partial charge >= 0.3 is 5.97 Å². The highest BCUT2D eigenvalue weighted by molar-refractivity contribution is 6.00. The molecule has 0 spiro atoms. The van der Waals surface area contributed by atoms with Crippen LogP contribution in [0.15, 0.2) is 37.1 Å². The predicted molar refractivity (Wildman–Crippen MR) is 64.1 cm³/mol. The van der Waals surface area contributed by atoms with Gasteiger partial charge in [0.15, 0.2) is 0 Å². The summed E-state index contributed by atoms with van der Waals surface area (Å²) in [6, 6.07) is 3.66. The first-order valence-corrected chi connectivity index (χ1v) is 5.23. The van der Waals surface area contributed by atoms with Gasteiger partial charge in [0.2, 0.25) is 0 Å². The molecule has 2 N–H and O–H groups in total. The average Bonchev–Trinajstić information content (AvgIpc) is 2.82. The van der Waals surface area contributed by atoms with Crippen LogP contribution in [0, 0.1) is 0 Å². The number of H-pyrrole nitrogens is 1. The molecule has 0 saturated carbocycles. The number of hydrogen-bond acceptors (Lipinski definition) is 4. The second-order valence-corrected chi connectivity index (χ2v) is 3.69. The average molecular weight is 240 g/mol. The van der Waals surface area contributed by atoms with Gasteiger partial charge in [0.25, 0.3) is 0 Å². The molecule has 0 aliphatic heterocycles. The van der Waals surface area contributed by atoms with E-state index in [1.54, 1.807) is 18.5 Å². The van der Waals surface area contributed by atoms with Crippen molar-refractivity contribution < 1.29 is 9.90 Å². The van der Waals surface area contributed by atoms with E-state index < -0.39 is 5.97 Å². The van der Waals surface area contributed by atoms with Gasteiger partial charge in [-0.1, -0.05) is 0 Å². The van der Waals surface area contributed by atoms with Gasteiger partial charge in [-0.25, -0.2) is 19.7 Å². The minimum absolute atomic E-state index is 0.0715. The Labute approximate surface area is 101 Å². The number of nitrogens with zero attached hydrogens (tertiary/aromatic N) is 3. The molecule has 0 saturated heterocycles. The highest BCUT2D eigenvalue weighted by atomic mass is 16.4. The van der Waals surface area contributed by atoms with Crippen LogP contribution in [0.2, 0.25) is 0 Å². The minimum atomic E-state index is -1.05. The SMILES string of the molecule is O=C(O)c1cncnc1-c1c[nH]c2ncccc12. The summed E-state index contributed by atoms with van der Waals surface area (Å²) in [5, 5.41) is 9.96. The molecule has 3 aromatic rings. The van der Waals surface area contributed by atoms with E-state index in [4.69, 9.17) is 5.11 Å². The summed E-state index contributed by atoms with van der Waals surface area (Å²) in [6.45, 7) is 0. The number of nitrogens with one attached hydrogen (secondary N) is 1. The van der Waals surface area contributed by atoms with E-state index in [9.17, 15) is 4.79 Å². The lowest BCUT2D eigenvalue weighted by atomic mass is 10.1. The fourth-order valence-electron chi connectivity index (χ4n) is 1.85. The zero-order valence-corrected chi connectivity index (χ0v) is 9.16. The quantitative estimate of drug-likeness (QED) is 0.711. The molecule has 3 aromatic heterocycles. The third-order valence-corrected chi connectivity index (χ3v) is 2.65. The van der Waals surface area contributed by atoms with Crippen LogP contribution in [-0.4, -0.2) is 31.0 Å². The highest BCUT2D eigenvalue weighted by Crippen LogP contribution is 2.27. The predicted octanol–water partition coefficient (Wildman–Crippen LogP) is 1.72. The summed E-state index contributed by atoms with van der Waals surface area (Å²) in [7, 11) is 0. The number of rotatable bonds is 2. The van der Waals surface area contributed by atoms with Crippen LogP contribution in [0.4, 0.5) is 0 Å². The third kappa shape index (κ3) is 1.51. The zero-order valence-electron chi connectivity index (χ0n) is 9.16. The number of carboxylic acid groups (broad SMARTS) is 1. The Bertz CT molecular complexity index is 736. The lowest BCUT2D eigenvalue weighted by Gasteiger charge is -2.02. The Morgan fingerprint density at radius 1 is 1.33 bits per heavy atom.